The van der Waals surface area contributed by atoms with Crippen molar-refractivity contribution in [2.24, 2.45) is 0 Å². The first-order valence-corrected chi connectivity index (χ1v) is 3.78. The summed E-state index contributed by atoms with van der Waals surface area (Å²) in [7, 11) is 1.71. The van der Waals surface area contributed by atoms with Gasteiger partial charge in [-0.25, -0.2) is 0 Å². The van der Waals surface area contributed by atoms with E-state index in [9.17, 15) is 10.2 Å². The van der Waals surface area contributed by atoms with Crippen molar-refractivity contribution < 1.29 is 14.6 Å². The summed E-state index contributed by atoms with van der Waals surface area (Å²) in [6.45, 7) is 0.354. The van der Waals surface area contributed by atoms with Gasteiger partial charge in [0.05, 0.1) is 18.6 Å². The van der Waals surface area contributed by atoms with Crippen molar-refractivity contribution >= 4 is 0 Å². The molecule has 0 aliphatic rings. The molecule has 1 aromatic heterocycles. The van der Waals surface area contributed by atoms with Gasteiger partial charge in [0.2, 0.25) is 0 Å². The standard InChI is InChI=1S/C8H13NO3/c1-9-4-7(10)8(11)6-2-3-12-5-6/h2-3,5,7-11H,4H2,1H3. The van der Waals surface area contributed by atoms with Crippen LogP contribution in [0.1, 0.15) is 11.7 Å². The zero-order valence-corrected chi connectivity index (χ0v) is 6.90. The largest absolute Gasteiger partial charge is 0.472 e. The fourth-order valence-corrected chi connectivity index (χ4v) is 0.986. The van der Waals surface area contributed by atoms with Gasteiger partial charge in [0.1, 0.15) is 6.10 Å². The number of nitrogens with one attached hydrogen (secondary N) is 1. The molecule has 4 heteroatoms. The van der Waals surface area contributed by atoms with E-state index in [4.69, 9.17) is 4.42 Å². The summed E-state index contributed by atoms with van der Waals surface area (Å²) in [5.74, 6) is 0. The van der Waals surface area contributed by atoms with Crippen LogP contribution in [0.15, 0.2) is 23.0 Å². The van der Waals surface area contributed by atoms with Gasteiger partial charge in [0, 0.05) is 12.1 Å². The highest BCUT2D eigenvalue weighted by molar-refractivity contribution is 5.10. The van der Waals surface area contributed by atoms with E-state index in [0.717, 1.165) is 0 Å². The van der Waals surface area contributed by atoms with E-state index in [-0.39, 0.29) is 0 Å². The first-order chi connectivity index (χ1) is 5.75. The van der Waals surface area contributed by atoms with E-state index in [1.807, 2.05) is 0 Å². The topological polar surface area (TPSA) is 65.6 Å². The zero-order chi connectivity index (χ0) is 8.97. The van der Waals surface area contributed by atoms with Gasteiger partial charge >= 0.3 is 0 Å². The summed E-state index contributed by atoms with van der Waals surface area (Å²) in [6.07, 6.45) is 1.21. The molecule has 0 bridgehead atoms. The summed E-state index contributed by atoms with van der Waals surface area (Å²) in [4.78, 5) is 0. The third-order valence-corrected chi connectivity index (χ3v) is 1.66. The Kier molecular flexibility index (Phi) is 3.28. The molecule has 12 heavy (non-hydrogen) atoms. The van der Waals surface area contributed by atoms with E-state index >= 15 is 0 Å². The zero-order valence-electron chi connectivity index (χ0n) is 6.90. The molecule has 0 saturated carbocycles. The molecule has 0 saturated heterocycles. The Morgan fingerprint density at radius 3 is 2.83 bits per heavy atom. The molecular weight excluding hydrogens is 158 g/mol. The number of hydrogen-bond donors (Lipinski definition) is 3. The van der Waals surface area contributed by atoms with E-state index < -0.39 is 12.2 Å². The normalized spacial score (nSPS) is 15.9. The number of rotatable bonds is 4. The molecule has 1 aromatic rings. The lowest BCUT2D eigenvalue weighted by Crippen LogP contribution is -2.29. The van der Waals surface area contributed by atoms with Crippen LogP contribution in [-0.2, 0) is 0 Å². The van der Waals surface area contributed by atoms with Gasteiger partial charge in [0.25, 0.3) is 0 Å². The molecule has 2 unspecified atom stereocenters. The highest BCUT2D eigenvalue weighted by Gasteiger charge is 2.17. The van der Waals surface area contributed by atoms with Crippen LogP contribution >= 0.6 is 0 Å². The van der Waals surface area contributed by atoms with Gasteiger partial charge in [-0.3, -0.25) is 0 Å². The third kappa shape index (κ3) is 2.07. The Hall–Kier alpha value is -0.840. The van der Waals surface area contributed by atoms with Crippen molar-refractivity contribution in [3.63, 3.8) is 0 Å². The Balaban J connectivity index is 2.53. The van der Waals surface area contributed by atoms with Crippen molar-refractivity contribution in [3.8, 4) is 0 Å². The molecule has 4 nitrogen and oxygen atoms in total. The minimum atomic E-state index is -0.879. The highest BCUT2D eigenvalue weighted by atomic mass is 16.3. The molecule has 2 atom stereocenters. The summed E-state index contributed by atoms with van der Waals surface area (Å²) in [5.41, 5.74) is 0.595. The molecule has 0 aliphatic carbocycles. The molecule has 0 aromatic carbocycles. The second-order valence-electron chi connectivity index (χ2n) is 2.63. The first kappa shape index (κ1) is 9.25. The van der Waals surface area contributed by atoms with E-state index in [2.05, 4.69) is 5.32 Å². The van der Waals surface area contributed by atoms with Gasteiger partial charge in [-0.2, -0.15) is 0 Å². The summed E-state index contributed by atoms with van der Waals surface area (Å²) in [6, 6.07) is 1.63. The van der Waals surface area contributed by atoms with Crippen molar-refractivity contribution in [3.05, 3.63) is 24.2 Å². The fourth-order valence-electron chi connectivity index (χ4n) is 0.986. The van der Waals surface area contributed by atoms with E-state index in [0.29, 0.717) is 12.1 Å². The smallest absolute Gasteiger partial charge is 0.109 e. The van der Waals surface area contributed by atoms with Crippen LogP contribution in [0, 0.1) is 0 Å². The van der Waals surface area contributed by atoms with Gasteiger partial charge < -0.3 is 19.9 Å². The maximum atomic E-state index is 9.46. The van der Waals surface area contributed by atoms with Crippen LogP contribution in [0.25, 0.3) is 0 Å². The molecule has 0 fully saturated rings. The number of aliphatic hydroxyl groups excluding tert-OH is 2. The third-order valence-electron chi connectivity index (χ3n) is 1.66. The Morgan fingerprint density at radius 2 is 2.33 bits per heavy atom. The van der Waals surface area contributed by atoms with Gasteiger partial charge in [-0.05, 0) is 13.1 Å². The van der Waals surface area contributed by atoms with Crippen molar-refractivity contribution in [1.82, 2.24) is 5.32 Å². The van der Waals surface area contributed by atoms with Crippen LogP contribution in [0.4, 0.5) is 0 Å². The summed E-state index contributed by atoms with van der Waals surface area (Å²) < 4.78 is 4.77. The van der Waals surface area contributed by atoms with Crippen LogP contribution in [0.2, 0.25) is 0 Å². The first-order valence-electron chi connectivity index (χ1n) is 3.78. The molecule has 1 heterocycles. The SMILES string of the molecule is CNCC(O)C(O)c1ccoc1. The molecule has 0 spiro atoms. The van der Waals surface area contributed by atoms with E-state index in [1.54, 1.807) is 13.1 Å². The van der Waals surface area contributed by atoms with Gasteiger partial charge in [-0.1, -0.05) is 0 Å². The number of furan rings is 1. The minimum absolute atomic E-state index is 0.354. The van der Waals surface area contributed by atoms with Crippen LogP contribution < -0.4 is 5.32 Å². The Labute approximate surface area is 70.8 Å². The molecule has 0 amide bonds. The Bertz CT molecular complexity index is 210. The number of aliphatic hydroxyl groups is 2. The van der Waals surface area contributed by atoms with Gasteiger partial charge in [0.15, 0.2) is 0 Å². The quantitative estimate of drug-likeness (QED) is 0.591. The number of hydrogen-bond acceptors (Lipinski definition) is 4. The lowest BCUT2D eigenvalue weighted by atomic mass is 10.1. The predicted molar refractivity (Wildman–Crippen MR) is 43.6 cm³/mol. The van der Waals surface area contributed by atoms with Crippen molar-refractivity contribution in [1.29, 1.82) is 0 Å². The molecule has 0 radical (unpaired) electrons. The average Bonchev–Trinajstić information content (AvgIpc) is 2.55. The average molecular weight is 171 g/mol. The monoisotopic (exact) mass is 171 g/mol. The van der Waals surface area contributed by atoms with Crippen molar-refractivity contribution in [2.75, 3.05) is 13.6 Å². The molecule has 1 rings (SSSR count). The highest BCUT2D eigenvalue weighted by Crippen LogP contribution is 2.16. The predicted octanol–water partition coefficient (Wildman–Crippen LogP) is -0.107. The lowest BCUT2D eigenvalue weighted by molar-refractivity contribution is 0.0199. The number of likely N-dealkylation sites (N-methyl/N-ethyl adjacent to an activating group) is 1. The van der Waals surface area contributed by atoms with Crippen LogP contribution in [-0.4, -0.2) is 29.9 Å². The van der Waals surface area contributed by atoms with Crippen molar-refractivity contribution in [2.45, 2.75) is 12.2 Å². The Morgan fingerprint density at radius 1 is 1.58 bits per heavy atom. The van der Waals surface area contributed by atoms with Crippen LogP contribution in [0.5, 0.6) is 0 Å². The molecular formula is C8H13NO3. The molecule has 68 valence electrons. The van der Waals surface area contributed by atoms with Crippen LogP contribution in [0.3, 0.4) is 0 Å². The maximum absolute atomic E-state index is 9.46. The minimum Gasteiger partial charge on any atom is -0.472 e. The molecule has 0 aliphatic heterocycles. The maximum Gasteiger partial charge on any atom is 0.109 e. The summed E-state index contributed by atoms with van der Waals surface area (Å²) in [5, 5.41) is 21.6. The summed E-state index contributed by atoms with van der Waals surface area (Å²) >= 11 is 0. The fraction of sp³-hybridized carbons (Fsp3) is 0.500. The van der Waals surface area contributed by atoms with E-state index in [1.165, 1.54) is 12.5 Å². The second-order valence-corrected chi connectivity index (χ2v) is 2.63. The van der Waals surface area contributed by atoms with Gasteiger partial charge in [-0.15, -0.1) is 0 Å². The molecule has 3 N–H and O–H groups in total. The second kappa shape index (κ2) is 4.25. The lowest BCUT2D eigenvalue weighted by Gasteiger charge is -2.15.